The summed E-state index contributed by atoms with van der Waals surface area (Å²) in [5.41, 5.74) is 2.08. The minimum atomic E-state index is -0.381. The Labute approximate surface area is 158 Å². The van der Waals surface area contributed by atoms with Crippen molar-refractivity contribution in [2.24, 2.45) is 5.41 Å². The number of carbonyl (C=O) groups excluding carboxylic acids is 1. The molecule has 2 aliphatic rings. The largest absolute Gasteiger partial charge is 0.350 e. The molecule has 0 saturated carbocycles. The molecule has 4 rings (SSSR count). The van der Waals surface area contributed by atoms with E-state index >= 15 is 0 Å². The van der Waals surface area contributed by atoms with E-state index in [1.54, 1.807) is 0 Å². The summed E-state index contributed by atoms with van der Waals surface area (Å²) in [6.07, 6.45) is 3.82. The molecule has 0 radical (unpaired) electrons. The van der Waals surface area contributed by atoms with E-state index in [0.29, 0.717) is 24.0 Å². The second-order valence-corrected chi connectivity index (χ2v) is 7.74. The van der Waals surface area contributed by atoms with Crippen molar-refractivity contribution in [3.63, 3.8) is 0 Å². The summed E-state index contributed by atoms with van der Waals surface area (Å²) >= 11 is 0. The van der Waals surface area contributed by atoms with Gasteiger partial charge in [-0.15, -0.1) is 0 Å². The van der Waals surface area contributed by atoms with Crippen molar-refractivity contribution in [1.82, 2.24) is 20.5 Å². The third kappa shape index (κ3) is 3.14. The third-order valence-electron chi connectivity index (χ3n) is 6.40. The number of carbonyl (C=O) groups is 1. The van der Waals surface area contributed by atoms with Gasteiger partial charge in [-0.1, -0.05) is 29.4 Å². The number of amides is 1. The van der Waals surface area contributed by atoms with Crippen LogP contribution in [0.2, 0.25) is 0 Å². The van der Waals surface area contributed by atoms with Crippen molar-refractivity contribution in [3.05, 3.63) is 47.0 Å². The fourth-order valence-electron chi connectivity index (χ4n) is 4.88. The van der Waals surface area contributed by atoms with Gasteiger partial charge >= 0.3 is 0 Å². The Morgan fingerprint density at radius 2 is 2.11 bits per heavy atom. The number of hydrogen-bond acceptors (Lipinski definition) is 5. The average molecular weight is 372 g/mol. The number of fused-ring (bicyclic) bond motifs is 2. The van der Waals surface area contributed by atoms with Gasteiger partial charge in [-0.2, -0.15) is 0 Å². The molecule has 0 aliphatic carbocycles. The fraction of sp³-hybridized carbons (Fsp3) is 0.550. The van der Waals surface area contributed by atoms with E-state index in [2.05, 4.69) is 27.5 Å². The van der Waals surface area contributed by atoms with Crippen molar-refractivity contribution in [2.75, 3.05) is 0 Å². The number of rotatable bonds is 6. The Bertz CT molecular complexity index is 822. The molecule has 27 heavy (non-hydrogen) atoms. The molecule has 2 aliphatic heterocycles. The number of hydrogen-bond donors (Lipinski definition) is 1. The monoisotopic (exact) mass is 372 g/mol. The van der Waals surface area contributed by atoms with Crippen molar-refractivity contribution in [1.29, 1.82) is 0 Å². The van der Waals surface area contributed by atoms with Gasteiger partial charge < -0.3 is 5.32 Å². The number of nitrogens with zero attached hydrogens (tertiary/aromatic N) is 3. The van der Waals surface area contributed by atoms with Crippen LogP contribution in [-0.4, -0.2) is 33.2 Å². The maximum Gasteiger partial charge on any atom is 0.228 e. The highest BCUT2D eigenvalue weighted by Gasteiger charge is 2.58. The van der Waals surface area contributed by atoms with E-state index < -0.39 is 0 Å². The lowest BCUT2D eigenvalue weighted by molar-refractivity contribution is -0.133. The van der Waals surface area contributed by atoms with Gasteiger partial charge in [0, 0.05) is 18.6 Å². The van der Waals surface area contributed by atoms with E-state index in [-0.39, 0.29) is 23.2 Å². The first-order chi connectivity index (χ1) is 13.0. The quantitative estimate of drug-likeness (QED) is 0.844. The molecular formula is C20H25FN4O2. The maximum absolute atomic E-state index is 13.2. The van der Waals surface area contributed by atoms with Crippen LogP contribution < -0.4 is 5.32 Å². The van der Waals surface area contributed by atoms with Crippen LogP contribution in [0.25, 0.3) is 0 Å². The van der Waals surface area contributed by atoms with E-state index in [1.807, 2.05) is 19.1 Å². The molecule has 0 unspecified atom stereocenters. The minimum Gasteiger partial charge on any atom is -0.350 e. The molecule has 1 N–H and O–H groups in total. The Balaban J connectivity index is 1.48. The van der Waals surface area contributed by atoms with Crippen LogP contribution in [0, 0.1) is 18.2 Å². The highest BCUT2D eigenvalue weighted by atomic mass is 19.1. The number of halogens is 1. The Hall–Kier alpha value is -2.28. The molecule has 3 heterocycles. The summed E-state index contributed by atoms with van der Waals surface area (Å²) in [6.45, 7) is 5.01. The summed E-state index contributed by atoms with van der Waals surface area (Å²) in [6, 6.07) is 7.29. The second kappa shape index (κ2) is 7.03. The van der Waals surface area contributed by atoms with Gasteiger partial charge in [-0.25, -0.2) is 9.02 Å². The number of nitrogens with one attached hydrogen (secondary N) is 1. The second-order valence-electron chi connectivity index (χ2n) is 7.74. The molecule has 6 nitrogen and oxygen atoms in total. The van der Waals surface area contributed by atoms with E-state index in [9.17, 15) is 9.18 Å². The zero-order valence-corrected chi connectivity index (χ0v) is 15.7. The normalized spacial score (nSPS) is 27.2. The van der Waals surface area contributed by atoms with E-state index in [0.717, 1.165) is 37.8 Å². The van der Waals surface area contributed by atoms with Crippen LogP contribution in [-0.2, 0) is 17.9 Å². The number of aromatic nitrogens is 2. The molecule has 2 aromatic rings. The number of benzene rings is 1. The molecule has 2 fully saturated rings. The van der Waals surface area contributed by atoms with E-state index in [4.69, 9.17) is 4.63 Å². The van der Waals surface area contributed by atoms with Gasteiger partial charge in [0.05, 0.1) is 12.0 Å². The molecular weight excluding hydrogens is 347 g/mol. The minimum absolute atomic E-state index is 0.0868. The van der Waals surface area contributed by atoms with Crippen LogP contribution in [0.1, 0.15) is 49.6 Å². The van der Waals surface area contributed by atoms with Crippen LogP contribution >= 0.6 is 0 Å². The van der Waals surface area contributed by atoms with Crippen LogP contribution in [0.4, 0.5) is 4.39 Å². The Morgan fingerprint density at radius 3 is 2.78 bits per heavy atom. The molecule has 3 atom stereocenters. The molecule has 2 bridgehead atoms. The van der Waals surface area contributed by atoms with Gasteiger partial charge in [0.1, 0.15) is 17.2 Å². The lowest BCUT2D eigenvalue weighted by atomic mass is 9.71. The molecule has 0 spiro atoms. The topological polar surface area (TPSA) is 71.3 Å². The highest BCUT2D eigenvalue weighted by molar-refractivity contribution is 5.84. The first-order valence-corrected chi connectivity index (χ1v) is 9.60. The van der Waals surface area contributed by atoms with Gasteiger partial charge in [0.25, 0.3) is 0 Å². The first kappa shape index (κ1) is 18.1. The summed E-state index contributed by atoms with van der Waals surface area (Å²) in [7, 11) is 0. The standard InChI is InChI=1S/C20H25FN4O2/c1-3-20(19(26)22-11-17-13(2)23-27-24-17)10-16-8-9-18(20)25(16)12-14-4-6-15(21)7-5-14/h4-7,16,18H,3,8-12H2,1-2H3,(H,22,26)/t16-,18+,20+/m0/s1. The molecule has 2 saturated heterocycles. The lowest BCUT2D eigenvalue weighted by Crippen LogP contribution is -2.48. The molecule has 1 aromatic carbocycles. The van der Waals surface area contributed by atoms with Crippen LogP contribution in [0.5, 0.6) is 0 Å². The zero-order chi connectivity index (χ0) is 19.0. The molecule has 1 aromatic heterocycles. The zero-order valence-electron chi connectivity index (χ0n) is 15.7. The van der Waals surface area contributed by atoms with Gasteiger partial charge in [0.2, 0.25) is 5.91 Å². The third-order valence-corrected chi connectivity index (χ3v) is 6.40. The highest BCUT2D eigenvalue weighted by Crippen LogP contribution is 2.52. The predicted molar refractivity (Wildman–Crippen MR) is 97.0 cm³/mol. The van der Waals surface area contributed by atoms with Crippen molar-refractivity contribution in [2.45, 2.75) is 64.7 Å². The average Bonchev–Trinajstić information content (AvgIpc) is 3.35. The number of aryl methyl sites for hydroxylation is 1. The van der Waals surface area contributed by atoms with Crippen molar-refractivity contribution >= 4 is 5.91 Å². The Morgan fingerprint density at radius 1 is 1.33 bits per heavy atom. The smallest absolute Gasteiger partial charge is 0.228 e. The molecule has 144 valence electrons. The summed E-state index contributed by atoms with van der Waals surface area (Å²) < 4.78 is 17.9. The van der Waals surface area contributed by atoms with Crippen molar-refractivity contribution < 1.29 is 13.8 Å². The predicted octanol–water partition coefficient (Wildman–Crippen LogP) is 2.97. The van der Waals surface area contributed by atoms with Crippen molar-refractivity contribution in [3.8, 4) is 0 Å². The van der Waals surface area contributed by atoms with Gasteiger partial charge in [-0.3, -0.25) is 9.69 Å². The van der Waals surface area contributed by atoms with E-state index in [1.165, 1.54) is 12.1 Å². The summed E-state index contributed by atoms with van der Waals surface area (Å²) in [4.78, 5) is 15.6. The maximum atomic E-state index is 13.2. The fourth-order valence-corrected chi connectivity index (χ4v) is 4.88. The van der Waals surface area contributed by atoms with Crippen LogP contribution in [0.3, 0.4) is 0 Å². The summed E-state index contributed by atoms with van der Waals surface area (Å²) in [5, 5.41) is 10.7. The molecule has 1 amide bonds. The SMILES string of the molecule is CC[C@@]1(C(=O)NCc2nonc2C)C[C@@H]2CC[C@H]1N2Cc1ccc(F)cc1. The van der Waals surface area contributed by atoms with Gasteiger partial charge in [-0.05, 0) is 50.3 Å². The Kier molecular flexibility index (Phi) is 4.72. The van der Waals surface area contributed by atoms with Crippen LogP contribution in [0.15, 0.2) is 28.9 Å². The van der Waals surface area contributed by atoms with Gasteiger partial charge in [0.15, 0.2) is 0 Å². The first-order valence-electron chi connectivity index (χ1n) is 9.60. The summed E-state index contributed by atoms with van der Waals surface area (Å²) in [5.74, 6) is -0.133. The molecule has 7 heteroatoms. The lowest BCUT2D eigenvalue weighted by Gasteiger charge is -2.35.